The smallest absolute Gasteiger partial charge is 0.188 e. The number of benzene rings is 1. The normalized spacial score (nSPS) is 12.5. The molecule has 5 heteroatoms. The lowest BCUT2D eigenvalue weighted by atomic mass is 10.0. The molecule has 1 unspecified atom stereocenters. The van der Waals surface area contributed by atoms with Crippen molar-refractivity contribution in [2.75, 3.05) is 0 Å². The van der Waals surface area contributed by atoms with E-state index < -0.39 is 0 Å². The van der Waals surface area contributed by atoms with E-state index in [0.29, 0.717) is 18.4 Å². The quantitative estimate of drug-likeness (QED) is 0.786. The Kier molecular flexibility index (Phi) is 4.21. The molecule has 2 N–H and O–H groups in total. The van der Waals surface area contributed by atoms with Crippen molar-refractivity contribution in [1.82, 2.24) is 25.9 Å². The molecule has 0 aliphatic rings. The van der Waals surface area contributed by atoms with Gasteiger partial charge in [0.25, 0.3) is 0 Å². The highest BCUT2D eigenvalue weighted by Gasteiger charge is 2.08. The average molecular weight is 231 g/mol. The van der Waals surface area contributed by atoms with Crippen LogP contribution >= 0.6 is 0 Å². The van der Waals surface area contributed by atoms with Crippen molar-refractivity contribution in [1.29, 1.82) is 0 Å². The van der Waals surface area contributed by atoms with Crippen molar-refractivity contribution >= 4 is 0 Å². The number of nitrogens with one attached hydrogen (secondary N) is 2. The molecule has 1 heterocycles. The van der Waals surface area contributed by atoms with Gasteiger partial charge in [-0.05, 0) is 18.4 Å². The van der Waals surface area contributed by atoms with Gasteiger partial charge in [-0.3, -0.25) is 0 Å². The van der Waals surface area contributed by atoms with Gasteiger partial charge in [0.05, 0.1) is 6.54 Å². The summed E-state index contributed by atoms with van der Waals surface area (Å²) < 4.78 is 0. The molecular formula is C12H17N5. The Hall–Kier alpha value is -1.75. The Morgan fingerprint density at radius 2 is 2.12 bits per heavy atom. The zero-order valence-electron chi connectivity index (χ0n) is 9.93. The molecule has 0 fully saturated rings. The van der Waals surface area contributed by atoms with Gasteiger partial charge in [-0.15, -0.1) is 10.2 Å². The van der Waals surface area contributed by atoms with Gasteiger partial charge in [0.1, 0.15) is 0 Å². The predicted octanol–water partition coefficient (Wildman–Crippen LogP) is 1.31. The molecule has 0 amide bonds. The topological polar surface area (TPSA) is 66.5 Å². The number of aromatic nitrogens is 4. The minimum atomic E-state index is 0.441. The van der Waals surface area contributed by atoms with Crippen LogP contribution in [-0.2, 0) is 13.0 Å². The van der Waals surface area contributed by atoms with Crippen LogP contribution in [0.25, 0.3) is 0 Å². The van der Waals surface area contributed by atoms with E-state index in [-0.39, 0.29) is 0 Å². The van der Waals surface area contributed by atoms with Crippen LogP contribution in [-0.4, -0.2) is 26.7 Å². The Labute approximate surface area is 101 Å². The largest absolute Gasteiger partial charge is 0.307 e. The maximum absolute atomic E-state index is 3.92. The van der Waals surface area contributed by atoms with Gasteiger partial charge in [0.15, 0.2) is 5.82 Å². The Balaban J connectivity index is 1.85. The fraction of sp³-hybridized carbons (Fsp3) is 0.417. The van der Waals surface area contributed by atoms with Gasteiger partial charge >= 0.3 is 0 Å². The molecule has 1 aromatic heterocycles. The number of hydrogen-bond acceptors (Lipinski definition) is 4. The van der Waals surface area contributed by atoms with E-state index in [4.69, 9.17) is 0 Å². The zero-order chi connectivity index (χ0) is 11.9. The number of H-pyrrole nitrogens is 1. The van der Waals surface area contributed by atoms with Crippen LogP contribution in [0.3, 0.4) is 0 Å². The number of aromatic amines is 1. The zero-order valence-corrected chi connectivity index (χ0v) is 9.93. The summed E-state index contributed by atoms with van der Waals surface area (Å²) in [7, 11) is 0. The first-order valence-electron chi connectivity index (χ1n) is 5.88. The summed E-state index contributed by atoms with van der Waals surface area (Å²) in [4.78, 5) is 0. The van der Waals surface area contributed by atoms with Crippen molar-refractivity contribution in [3.8, 4) is 0 Å². The molecule has 0 bridgehead atoms. The van der Waals surface area contributed by atoms with Crippen LogP contribution in [0.4, 0.5) is 0 Å². The molecule has 90 valence electrons. The van der Waals surface area contributed by atoms with Crippen LogP contribution < -0.4 is 5.32 Å². The van der Waals surface area contributed by atoms with Gasteiger partial charge in [0.2, 0.25) is 0 Å². The molecular weight excluding hydrogens is 214 g/mol. The Morgan fingerprint density at radius 1 is 1.29 bits per heavy atom. The fourth-order valence-electron chi connectivity index (χ4n) is 1.75. The third-order valence-electron chi connectivity index (χ3n) is 2.76. The maximum atomic E-state index is 3.92. The third kappa shape index (κ3) is 3.64. The van der Waals surface area contributed by atoms with Crippen LogP contribution in [0.1, 0.15) is 24.7 Å². The molecule has 0 aliphatic heterocycles. The van der Waals surface area contributed by atoms with Gasteiger partial charge in [-0.1, -0.05) is 42.5 Å². The van der Waals surface area contributed by atoms with E-state index in [1.807, 2.05) is 6.07 Å². The summed E-state index contributed by atoms with van der Waals surface area (Å²) in [6.07, 6.45) is 2.10. The average Bonchev–Trinajstić information content (AvgIpc) is 2.89. The number of rotatable bonds is 6. The highest BCUT2D eigenvalue weighted by atomic mass is 15.5. The maximum Gasteiger partial charge on any atom is 0.188 e. The molecule has 1 atom stereocenters. The molecule has 5 nitrogen and oxygen atoms in total. The van der Waals surface area contributed by atoms with Crippen molar-refractivity contribution in [2.45, 2.75) is 32.4 Å². The Morgan fingerprint density at radius 3 is 2.76 bits per heavy atom. The SMILES string of the molecule is CCC(Cc1ccccc1)NCc1nn[nH]n1. The molecule has 1 aromatic carbocycles. The molecule has 17 heavy (non-hydrogen) atoms. The van der Waals surface area contributed by atoms with Gasteiger partial charge in [-0.2, -0.15) is 5.21 Å². The lowest BCUT2D eigenvalue weighted by Gasteiger charge is -2.15. The summed E-state index contributed by atoms with van der Waals surface area (Å²) in [5, 5.41) is 17.3. The summed E-state index contributed by atoms with van der Waals surface area (Å²) in [5.41, 5.74) is 1.35. The number of hydrogen-bond donors (Lipinski definition) is 2. The molecule has 0 spiro atoms. The second kappa shape index (κ2) is 6.10. The first kappa shape index (κ1) is 11.7. The van der Waals surface area contributed by atoms with E-state index in [1.165, 1.54) is 5.56 Å². The summed E-state index contributed by atoms with van der Waals surface area (Å²) in [6.45, 7) is 2.83. The first-order valence-corrected chi connectivity index (χ1v) is 5.88. The van der Waals surface area contributed by atoms with E-state index in [2.05, 4.69) is 57.1 Å². The first-order chi connectivity index (χ1) is 8.38. The van der Waals surface area contributed by atoms with E-state index in [1.54, 1.807) is 0 Å². The van der Waals surface area contributed by atoms with Crippen LogP contribution in [0, 0.1) is 0 Å². The van der Waals surface area contributed by atoms with Gasteiger partial charge in [0, 0.05) is 6.04 Å². The molecule has 0 radical (unpaired) electrons. The number of nitrogens with zero attached hydrogens (tertiary/aromatic N) is 3. The predicted molar refractivity (Wildman–Crippen MR) is 65.2 cm³/mol. The molecule has 0 saturated heterocycles. The van der Waals surface area contributed by atoms with Crippen LogP contribution in [0.15, 0.2) is 30.3 Å². The highest BCUT2D eigenvalue weighted by molar-refractivity contribution is 5.15. The Bertz CT molecular complexity index is 412. The van der Waals surface area contributed by atoms with Crippen molar-refractivity contribution in [3.05, 3.63) is 41.7 Å². The van der Waals surface area contributed by atoms with E-state index in [0.717, 1.165) is 12.8 Å². The van der Waals surface area contributed by atoms with Crippen molar-refractivity contribution in [2.24, 2.45) is 0 Å². The molecule has 0 saturated carbocycles. The lowest BCUT2D eigenvalue weighted by molar-refractivity contribution is 0.486. The number of tetrazole rings is 1. The van der Waals surface area contributed by atoms with Crippen molar-refractivity contribution < 1.29 is 0 Å². The summed E-state index contributed by atoms with van der Waals surface area (Å²) in [5.74, 6) is 0.705. The summed E-state index contributed by atoms with van der Waals surface area (Å²) in [6, 6.07) is 10.9. The lowest BCUT2D eigenvalue weighted by Crippen LogP contribution is -2.30. The second-order valence-electron chi connectivity index (χ2n) is 4.00. The highest BCUT2D eigenvalue weighted by Crippen LogP contribution is 2.05. The van der Waals surface area contributed by atoms with E-state index >= 15 is 0 Å². The third-order valence-corrected chi connectivity index (χ3v) is 2.76. The summed E-state index contributed by atoms with van der Waals surface area (Å²) >= 11 is 0. The minimum absolute atomic E-state index is 0.441. The van der Waals surface area contributed by atoms with Gasteiger partial charge in [-0.25, -0.2) is 0 Å². The van der Waals surface area contributed by atoms with Crippen LogP contribution in [0.2, 0.25) is 0 Å². The molecule has 2 aromatic rings. The molecule has 2 rings (SSSR count). The fourth-order valence-corrected chi connectivity index (χ4v) is 1.75. The van der Waals surface area contributed by atoms with E-state index in [9.17, 15) is 0 Å². The standard InChI is InChI=1S/C12H17N5/c1-2-11(8-10-6-4-3-5-7-10)13-9-12-14-16-17-15-12/h3-7,11,13H,2,8-9H2,1H3,(H,14,15,16,17). The van der Waals surface area contributed by atoms with Gasteiger partial charge < -0.3 is 5.32 Å². The minimum Gasteiger partial charge on any atom is -0.307 e. The van der Waals surface area contributed by atoms with Crippen molar-refractivity contribution in [3.63, 3.8) is 0 Å². The second-order valence-corrected chi connectivity index (χ2v) is 4.00. The molecule has 0 aliphatic carbocycles. The van der Waals surface area contributed by atoms with Crippen LogP contribution in [0.5, 0.6) is 0 Å². The monoisotopic (exact) mass is 231 g/mol.